The Morgan fingerprint density at radius 3 is 3.08 bits per heavy atom. The van der Waals surface area contributed by atoms with Gasteiger partial charge < -0.3 is 9.64 Å². The molecule has 1 aromatic rings. The SMILES string of the molecule is CO[C@H]1CCN(c2ccccn2)C1. The molecular formula is C10H14N2O. The van der Waals surface area contributed by atoms with Gasteiger partial charge in [0, 0.05) is 26.4 Å². The highest BCUT2D eigenvalue weighted by Crippen LogP contribution is 2.18. The summed E-state index contributed by atoms with van der Waals surface area (Å²) in [5, 5.41) is 0. The number of nitrogens with zero attached hydrogens (tertiary/aromatic N) is 2. The zero-order valence-electron chi connectivity index (χ0n) is 7.81. The molecule has 1 aliphatic heterocycles. The Morgan fingerprint density at radius 2 is 2.46 bits per heavy atom. The van der Waals surface area contributed by atoms with Gasteiger partial charge in [0.05, 0.1) is 6.10 Å². The van der Waals surface area contributed by atoms with Crippen LogP contribution in [0.1, 0.15) is 6.42 Å². The van der Waals surface area contributed by atoms with Crippen LogP contribution >= 0.6 is 0 Å². The number of pyridine rings is 1. The van der Waals surface area contributed by atoms with Crippen molar-refractivity contribution in [2.75, 3.05) is 25.1 Å². The average molecular weight is 178 g/mol. The second-order valence-electron chi connectivity index (χ2n) is 3.28. The van der Waals surface area contributed by atoms with Crippen molar-refractivity contribution in [3.05, 3.63) is 24.4 Å². The summed E-state index contributed by atoms with van der Waals surface area (Å²) in [6.45, 7) is 2.02. The third-order valence-corrected chi connectivity index (χ3v) is 2.45. The Morgan fingerprint density at radius 1 is 1.54 bits per heavy atom. The second kappa shape index (κ2) is 3.75. The van der Waals surface area contributed by atoms with E-state index in [2.05, 4.69) is 9.88 Å². The van der Waals surface area contributed by atoms with E-state index in [1.807, 2.05) is 24.4 Å². The summed E-state index contributed by atoms with van der Waals surface area (Å²) in [4.78, 5) is 6.56. The van der Waals surface area contributed by atoms with E-state index in [4.69, 9.17) is 4.74 Å². The fourth-order valence-electron chi connectivity index (χ4n) is 1.67. The Kier molecular flexibility index (Phi) is 2.45. The number of hydrogen-bond acceptors (Lipinski definition) is 3. The maximum Gasteiger partial charge on any atom is 0.128 e. The van der Waals surface area contributed by atoms with Crippen molar-refractivity contribution in [3.63, 3.8) is 0 Å². The summed E-state index contributed by atoms with van der Waals surface area (Å²) in [7, 11) is 1.77. The van der Waals surface area contributed by atoms with Crippen LogP contribution in [0, 0.1) is 0 Å². The summed E-state index contributed by atoms with van der Waals surface area (Å²) >= 11 is 0. The van der Waals surface area contributed by atoms with Crippen molar-refractivity contribution in [1.29, 1.82) is 0 Å². The molecule has 13 heavy (non-hydrogen) atoms. The Labute approximate surface area is 78.3 Å². The summed E-state index contributed by atoms with van der Waals surface area (Å²) in [5.74, 6) is 1.06. The number of methoxy groups -OCH3 is 1. The molecule has 1 aliphatic rings. The lowest BCUT2D eigenvalue weighted by molar-refractivity contribution is 0.121. The molecule has 1 saturated heterocycles. The van der Waals surface area contributed by atoms with Crippen molar-refractivity contribution in [2.45, 2.75) is 12.5 Å². The average Bonchev–Trinajstić information content (AvgIpc) is 2.67. The van der Waals surface area contributed by atoms with Gasteiger partial charge in [-0.25, -0.2) is 4.98 Å². The first kappa shape index (κ1) is 8.51. The minimum atomic E-state index is 0.377. The first-order valence-electron chi connectivity index (χ1n) is 4.59. The lowest BCUT2D eigenvalue weighted by Crippen LogP contribution is -2.22. The van der Waals surface area contributed by atoms with Crippen LogP contribution in [0.25, 0.3) is 0 Å². The molecule has 0 unspecified atom stereocenters. The number of ether oxygens (including phenoxy) is 1. The lowest BCUT2D eigenvalue weighted by Gasteiger charge is -2.16. The molecule has 0 amide bonds. The first-order valence-corrected chi connectivity index (χ1v) is 4.59. The molecule has 0 bridgehead atoms. The standard InChI is InChI=1S/C10H14N2O/c1-13-9-5-7-12(8-9)10-4-2-3-6-11-10/h2-4,6,9H,5,7-8H2,1H3/t9-/m0/s1. The second-order valence-corrected chi connectivity index (χ2v) is 3.28. The molecular weight excluding hydrogens is 164 g/mol. The van der Waals surface area contributed by atoms with E-state index in [0.29, 0.717) is 6.10 Å². The maximum absolute atomic E-state index is 5.29. The van der Waals surface area contributed by atoms with Crippen molar-refractivity contribution < 1.29 is 4.74 Å². The Balaban J connectivity index is 2.04. The molecule has 1 aromatic heterocycles. The smallest absolute Gasteiger partial charge is 0.128 e. The van der Waals surface area contributed by atoms with Gasteiger partial charge in [0.1, 0.15) is 5.82 Å². The molecule has 1 fully saturated rings. The molecule has 0 aliphatic carbocycles. The van der Waals surface area contributed by atoms with Crippen LogP contribution < -0.4 is 4.90 Å². The highest BCUT2D eigenvalue weighted by atomic mass is 16.5. The van der Waals surface area contributed by atoms with Crippen molar-refractivity contribution in [1.82, 2.24) is 4.98 Å². The molecule has 70 valence electrons. The number of anilines is 1. The molecule has 0 saturated carbocycles. The van der Waals surface area contributed by atoms with Crippen molar-refractivity contribution >= 4 is 5.82 Å². The monoisotopic (exact) mass is 178 g/mol. The number of hydrogen-bond donors (Lipinski definition) is 0. The fraction of sp³-hybridized carbons (Fsp3) is 0.500. The van der Waals surface area contributed by atoms with Crippen LogP contribution in [0.4, 0.5) is 5.82 Å². The summed E-state index contributed by atoms with van der Waals surface area (Å²) in [5.41, 5.74) is 0. The largest absolute Gasteiger partial charge is 0.380 e. The minimum absolute atomic E-state index is 0.377. The van der Waals surface area contributed by atoms with Crippen molar-refractivity contribution in [2.24, 2.45) is 0 Å². The van der Waals surface area contributed by atoms with Crippen LogP contribution in [0.3, 0.4) is 0 Å². The summed E-state index contributed by atoms with van der Waals surface area (Å²) in [6, 6.07) is 5.99. The topological polar surface area (TPSA) is 25.4 Å². The fourth-order valence-corrected chi connectivity index (χ4v) is 1.67. The van der Waals surface area contributed by atoms with Gasteiger partial charge in [0.25, 0.3) is 0 Å². The molecule has 0 radical (unpaired) electrons. The third-order valence-electron chi connectivity index (χ3n) is 2.45. The molecule has 3 heteroatoms. The predicted octanol–water partition coefficient (Wildman–Crippen LogP) is 1.31. The van der Waals surface area contributed by atoms with Gasteiger partial charge in [-0.3, -0.25) is 0 Å². The number of rotatable bonds is 2. The van der Waals surface area contributed by atoms with Crippen LogP contribution in [0.5, 0.6) is 0 Å². The lowest BCUT2D eigenvalue weighted by atomic mass is 10.3. The highest BCUT2D eigenvalue weighted by Gasteiger charge is 2.22. The van der Waals surface area contributed by atoms with Crippen LogP contribution in [0.2, 0.25) is 0 Å². The zero-order valence-corrected chi connectivity index (χ0v) is 7.81. The van der Waals surface area contributed by atoms with Crippen LogP contribution in [-0.2, 0) is 4.74 Å². The van der Waals surface area contributed by atoms with E-state index >= 15 is 0 Å². The van der Waals surface area contributed by atoms with E-state index in [-0.39, 0.29) is 0 Å². The van der Waals surface area contributed by atoms with Gasteiger partial charge in [0.15, 0.2) is 0 Å². The van der Waals surface area contributed by atoms with Gasteiger partial charge >= 0.3 is 0 Å². The molecule has 2 heterocycles. The normalized spacial score (nSPS) is 22.2. The Bertz CT molecular complexity index is 263. The quantitative estimate of drug-likeness (QED) is 0.682. The van der Waals surface area contributed by atoms with Gasteiger partial charge in [-0.2, -0.15) is 0 Å². The van der Waals surface area contributed by atoms with Gasteiger partial charge in [-0.05, 0) is 18.6 Å². The zero-order chi connectivity index (χ0) is 9.10. The molecule has 0 aromatic carbocycles. The van der Waals surface area contributed by atoms with Crippen LogP contribution in [0.15, 0.2) is 24.4 Å². The molecule has 3 nitrogen and oxygen atoms in total. The summed E-state index contributed by atoms with van der Waals surface area (Å²) in [6.07, 6.45) is 3.31. The highest BCUT2D eigenvalue weighted by molar-refractivity contribution is 5.39. The Hall–Kier alpha value is -1.09. The molecule has 0 N–H and O–H groups in total. The number of aromatic nitrogens is 1. The van der Waals surface area contributed by atoms with Crippen molar-refractivity contribution in [3.8, 4) is 0 Å². The van der Waals surface area contributed by atoms with Gasteiger partial charge in [-0.1, -0.05) is 6.07 Å². The minimum Gasteiger partial charge on any atom is -0.380 e. The molecule has 0 spiro atoms. The maximum atomic E-state index is 5.29. The van der Waals surface area contributed by atoms with E-state index in [0.717, 1.165) is 25.3 Å². The third kappa shape index (κ3) is 1.80. The van der Waals surface area contributed by atoms with E-state index < -0.39 is 0 Å². The van der Waals surface area contributed by atoms with Crippen LogP contribution in [-0.4, -0.2) is 31.3 Å². The first-order chi connectivity index (χ1) is 6.40. The van der Waals surface area contributed by atoms with E-state index in [1.54, 1.807) is 7.11 Å². The molecule has 1 atom stereocenters. The predicted molar refractivity (Wildman–Crippen MR) is 51.9 cm³/mol. The molecule has 2 rings (SSSR count). The van der Waals surface area contributed by atoms with E-state index in [9.17, 15) is 0 Å². The van der Waals surface area contributed by atoms with Gasteiger partial charge in [0.2, 0.25) is 0 Å². The van der Waals surface area contributed by atoms with Gasteiger partial charge in [-0.15, -0.1) is 0 Å². The summed E-state index contributed by atoms with van der Waals surface area (Å²) < 4.78 is 5.29. The van der Waals surface area contributed by atoms with E-state index in [1.165, 1.54) is 0 Å².